The van der Waals surface area contributed by atoms with E-state index in [2.05, 4.69) is 4.74 Å². The third-order valence-electron chi connectivity index (χ3n) is 3.42. The largest absolute Gasteiger partial charge is 0.465 e. The van der Waals surface area contributed by atoms with E-state index < -0.39 is 16.3 Å². The van der Waals surface area contributed by atoms with Crippen molar-refractivity contribution < 1.29 is 14.5 Å². The Morgan fingerprint density at radius 2 is 2.22 bits per heavy atom. The number of carbonyl (C=O) groups is 1. The number of esters is 1. The van der Waals surface area contributed by atoms with E-state index in [-0.39, 0.29) is 11.3 Å². The number of nitro groups is 1. The second kappa shape index (κ2) is 4.38. The minimum absolute atomic E-state index is 0.0548. The number of methoxy groups -OCH3 is 1. The molecular weight excluding hydrogens is 236 g/mol. The molecule has 0 bridgehead atoms. The Bertz CT molecular complexity index is 509. The zero-order chi connectivity index (χ0) is 13.3. The maximum atomic E-state index is 11.7. The van der Waals surface area contributed by atoms with Crippen molar-refractivity contribution in [3.63, 3.8) is 0 Å². The highest BCUT2D eigenvalue weighted by atomic mass is 16.6. The van der Waals surface area contributed by atoms with Gasteiger partial charge in [0.15, 0.2) is 0 Å². The lowest BCUT2D eigenvalue weighted by molar-refractivity contribution is -0.385. The predicted molar refractivity (Wildman–Crippen MR) is 64.4 cm³/mol. The van der Waals surface area contributed by atoms with E-state index in [1.807, 2.05) is 0 Å². The van der Waals surface area contributed by atoms with E-state index in [1.165, 1.54) is 19.2 Å². The summed E-state index contributed by atoms with van der Waals surface area (Å²) in [5, 5.41) is 11.1. The van der Waals surface area contributed by atoms with Crippen molar-refractivity contribution in [3.05, 3.63) is 39.4 Å². The summed E-state index contributed by atoms with van der Waals surface area (Å²) in [5.41, 5.74) is 5.88. The van der Waals surface area contributed by atoms with Crippen LogP contribution in [0.4, 0.5) is 5.69 Å². The van der Waals surface area contributed by atoms with Crippen molar-refractivity contribution in [2.24, 2.45) is 5.73 Å². The maximum absolute atomic E-state index is 11.7. The normalized spacial score (nSPS) is 16.1. The molecule has 0 atom stereocenters. The number of hydrogen-bond acceptors (Lipinski definition) is 5. The highest BCUT2D eigenvalue weighted by molar-refractivity contribution is 5.93. The summed E-state index contributed by atoms with van der Waals surface area (Å²) in [6, 6.07) is 4.43. The Kier molecular flexibility index (Phi) is 3.04. The van der Waals surface area contributed by atoms with Crippen LogP contribution < -0.4 is 5.73 Å². The van der Waals surface area contributed by atoms with Gasteiger partial charge in [0.2, 0.25) is 0 Å². The van der Waals surface area contributed by atoms with Crippen LogP contribution in [0.1, 0.15) is 28.8 Å². The van der Waals surface area contributed by atoms with Gasteiger partial charge >= 0.3 is 5.97 Å². The highest BCUT2D eigenvalue weighted by Crippen LogP contribution is 2.51. The molecule has 1 fully saturated rings. The molecule has 2 N–H and O–H groups in total. The van der Waals surface area contributed by atoms with Crippen LogP contribution in [0.25, 0.3) is 0 Å². The van der Waals surface area contributed by atoms with Crippen LogP contribution in [0.3, 0.4) is 0 Å². The summed E-state index contributed by atoms with van der Waals surface area (Å²) < 4.78 is 4.68. The molecule has 0 heterocycles. The Balaban J connectivity index is 2.64. The maximum Gasteiger partial charge on any atom is 0.338 e. The average molecular weight is 250 g/mol. The standard InChI is InChI=1S/C12H14N2O4/c1-18-11(15)8-3-2-4-9(14(16)17)10(8)12(7-13)5-6-12/h2-4H,5-7,13H2,1H3. The van der Waals surface area contributed by atoms with Gasteiger partial charge in [-0.05, 0) is 18.9 Å². The Hall–Kier alpha value is -1.95. The number of ether oxygens (including phenoxy) is 1. The van der Waals surface area contributed by atoms with Gasteiger partial charge in [0.05, 0.1) is 23.2 Å². The molecule has 6 heteroatoms. The van der Waals surface area contributed by atoms with Crippen molar-refractivity contribution in [1.82, 2.24) is 0 Å². The minimum atomic E-state index is -0.562. The first-order valence-corrected chi connectivity index (χ1v) is 5.62. The molecule has 1 saturated carbocycles. The molecule has 1 aliphatic rings. The van der Waals surface area contributed by atoms with Gasteiger partial charge < -0.3 is 10.5 Å². The number of hydrogen-bond donors (Lipinski definition) is 1. The van der Waals surface area contributed by atoms with Crippen LogP contribution in [-0.4, -0.2) is 24.5 Å². The van der Waals surface area contributed by atoms with Crippen LogP contribution in [0.15, 0.2) is 18.2 Å². The second-order valence-corrected chi connectivity index (χ2v) is 4.43. The minimum Gasteiger partial charge on any atom is -0.465 e. The zero-order valence-electron chi connectivity index (χ0n) is 10.0. The fourth-order valence-corrected chi connectivity index (χ4v) is 2.24. The summed E-state index contributed by atoms with van der Waals surface area (Å²) in [6.07, 6.45) is 1.52. The monoisotopic (exact) mass is 250 g/mol. The molecule has 0 unspecified atom stereocenters. The first kappa shape index (κ1) is 12.5. The second-order valence-electron chi connectivity index (χ2n) is 4.43. The van der Waals surface area contributed by atoms with Crippen LogP contribution in [0.2, 0.25) is 0 Å². The molecule has 0 saturated heterocycles. The van der Waals surface area contributed by atoms with Gasteiger partial charge in [-0.25, -0.2) is 4.79 Å². The van der Waals surface area contributed by atoms with Crippen molar-refractivity contribution in [3.8, 4) is 0 Å². The lowest BCUT2D eigenvalue weighted by atomic mass is 9.89. The van der Waals surface area contributed by atoms with Gasteiger partial charge in [0.25, 0.3) is 5.69 Å². The molecular formula is C12H14N2O4. The van der Waals surface area contributed by atoms with Crippen LogP contribution in [-0.2, 0) is 10.2 Å². The Morgan fingerprint density at radius 3 is 2.67 bits per heavy atom. The number of benzene rings is 1. The molecule has 0 amide bonds. The van der Waals surface area contributed by atoms with Crippen molar-refractivity contribution in [2.45, 2.75) is 18.3 Å². The van der Waals surface area contributed by atoms with E-state index >= 15 is 0 Å². The fourth-order valence-electron chi connectivity index (χ4n) is 2.24. The molecule has 0 radical (unpaired) electrons. The lowest BCUT2D eigenvalue weighted by Crippen LogP contribution is -2.24. The Labute approximate surface area is 104 Å². The molecule has 0 spiro atoms. The van der Waals surface area contributed by atoms with E-state index in [9.17, 15) is 14.9 Å². The summed E-state index contributed by atoms with van der Waals surface area (Å²) in [5.74, 6) is -0.562. The van der Waals surface area contributed by atoms with Gasteiger partial charge in [-0.1, -0.05) is 6.07 Å². The molecule has 0 aromatic heterocycles. The molecule has 0 aliphatic heterocycles. The summed E-state index contributed by atoms with van der Waals surface area (Å²) in [4.78, 5) is 22.3. The van der Waals surface area contributed by atoms with Gasteiger partial charge in [0.1, 0.15) is 0 Å². The topological polar surface area (TPSA) is 95.5 Å². The van der Waals surface area contributed by atoms with Crippen LogP contribution >= 0.6 is 0 Å². The quantitative estimate of drug-likeness (QED) is 0.494. The molecule has 6 nitrogen and oxygen atoms in total. The molecule has 2 rings (SSSR count). The van der Waals surface area contributed by atoms with Crippen molar-refractivity contribution >= 4 is 11.7 Å². The number of nitrogens with two attached hydrogens (primary N) is 1. The number of rotatable bonds is 4. The molecule has 96 valence electrons. The SMILES string of the molecule is COC(=O)c1cccc([N+](=O)[O-])c1C1(CN)CC1. The van der Waals surface area contributed by atoms with Gasteiger partial charge in [-0.3, -0.25) is 10.1 Å². The highest BCUT2D eigenvalue weighted by Gasteiger charge is 2.49. The van der Waals surface area contributed by atoms with E-state index in [0.29, 0.717) is 12.1 Å². The molecule has 1 aliphatic carbocycles. The third kappa shape index (κ3) is 1.84. The van der Waals surface area contributed by atoms with Crippen LogP contribution in [0, 0.1) is 10.1 Å². The molecule has 1 aromatic carbocycles. The van der Waals surface area contributed by atoms with E-state index in [4.69, 9.17) is 5.73 Å². The third-order valence-corrected chi connectivity index (χ3v) is 3.42. The number of nitrogens with zero attached hydrogens (tertiary/aromatic N) is 1. The van der Waals surface area contributed by atoms with E-state index in [0.717, 1.165) is 12.8 Å². The number of nitro benzene ring substituents is 1. The molecule has 18 heavy (non-hydrogen) atoms. The van der Waals surface area contributed by atoms with Gasteiger partial charge in [-0.2, -0.15) is 0 Å². The summed E-state index contributed by atoms with van der Waals surface area (Å²) >= 11 is 0. The smallest absolute Gasteiger partial charge is 0.338 e. The fraction of sp³-hybridized carbons (Fsp3) is 0.417. The van der Waals surface area contributed by atoms with Gasteiger partial charge in [-0.15, -0.1) is 0 Å². The van der Waals surface area contributed by atoms with Crippen LogP contribution in [0.5, 0.6) is 0 Å². The number of carbonyl (C=O) groups excluding carboxylic acids is 1. The Morgan fingerprint density at radius 1 is 1.56 bits per heavy atom. The zero-order valence-corrected chi connectivity index (χ0v) is 10.0. The average Bonchev–Trinajstić information content (AvgIpc) is 3.17. The van der Waals surface area contributed by atoms with Crippen molar-refractivity contribution in [2.75, 3.05) is 13.7 Å². The first-order valence-electron chi connectivity index (χ1n) is 5.62. The molecule has 1 aromatic rings. The predicted octanol–water partition coefficient (Wildman–Crippen LogP) is 1.37. The van der Waals surface area contributed by atoms with Crippen molar-refractivity contribution in [1.29, 1.82) is 0 Å². The summed E-state index contributed by atoms with van der Waals surface area (Å²) in [7, 11) is 1.26. The van der Waals surface area contributed by atoms with E-state index in [1.54, 1.807) is 6.07 Å². The first-order chi connectivity index (χ1) is 8.55. The summed E-state index contributed by atoms with van der Waals surface area (Å²) in [6.45, 7) is 0.293. The lowest BCUT2D eigenvalue weighted by Gasteiger charge is -2.16. The van der Waals surface area contributed by atoms with Gasteiger partial charge in [0, 0.05) is 18.0 Å².